The fraction of sp³-hybridized carbons (Fsp3) is 0.389. The molecule has 3 rings (SSSR count). The van der Waals surface area contributed by atoms with Crippen molar-refractivity contribution in [3.8, 4) is 0 Å². The fourth-order valence-corrected chi connectivity index (χ4v) is 2.99. The summed E-state index contributed by atoms with van der Waals surface area (Å²) in [6.07, 6.45) is 1.43. The Morgan fingerprint density at radius 2 is 1.85 bits per heavy atom. The Hall–Kier alpha value is -3.03. The van der Waals surface area contributed by atoms with E-state index in [1.54, 1.807) is 7.05 Å². The van der Waals surface area contributed by atoms with E-state index in [1.807, 2.05) is 24.3 Å². The highest BCUT2D eigenvalue weighted by atomic mass is 16.2. The average molecular weight is 356 g/mol. The Morgan fingerprint density at radius 3 is 2.46 bits per heavy atom. The van der Waals surface area contributed by atoms with Gasteiger partial charge in [-0.2, -0.15) is 0 Å². The maximum Gasteiger partial charge on any atom is 0.333 e. The van der Waals surface area contributed by atoms with Gasteiger partial charge in [-0.3, -0.25) is 19.4 Å². The topological polar surface area (TPSA) is 85.1 Å². The number of urea groups is 1. The van der Waals surface area contributed by atoms with Crippen LogP contribution in [0, 0.1) is 0 Å². The lowest BCUT2D eigenvalue weighted by molar-refractivity contribution is -0.519. The third-order valence-corrected chi connectivity index (χ3v) is 4.58. The van der Waals surface area contributed by atoms with Crippen LogP contribution in [0.4, 0.5) is 10.5 Å². The van der Waals surface area contributed by atoms with E-state index in [0.29, 0.717) is 17.4 Å². The van der Waals surface area contributed by atoms with Gasteiger partial charge in [-0.25, -0.2) is 9.37 Å². The molecule has 1 fully saturated rings. The minimum absolute atomic E-state index is 0.0365. The lowest BCUT2D eigenvalue weighted by atomic mass is 10.0. The van der Waals surface area contributed by atoms with E-state index < -0.39 is 18.0 Å². The Morgan fingerprint density at radius 1 is 1.19 bits per heavy atom. The molecule has 2 aliphatic heterocycles. The molecule has 1 N–H and O–H groups in total. The minimum atomic E-state index is -0.753. The van der Waals surface area contributed by atoms with E-state index >= 15 is 0 Å². The third kappa shape index (κ3) is 3.10. The first-order chi connectivity index (χ1) is 12.3. The zero-order chi connectivity index (χ0) is 19.0. The molecule has 8 nitrogen and oxygen atoms in total. The summed E-state index contributed by atoms with van der Waals surface area (Å²) >= 11 is 0. The first kappa shape index (κ1) is 17.8. The van der Waals surface area contributed by atoms with Gasteiger partial charge in [-0.05, 0) is 28.6 Å². The SMILES string of the molecule is CC(C)c1ccc(NC(=O)C[N+]2=CN=C3C2C(=O)N(C)C(=O)N3C)cc1. The quantitative estimate of drug-likeness (QED) is 0.820. The molecule has 1 saturated heterocycles. The highest BCUT2D eigenvalue weighted by Gasteiger charge is 2.50. The molecule has 1 aromatic rings. The number of amidine groups is 1. The summed E-state index contributed by atoms with van der Waals surface area (Å²) in [7, 11) is 2.98. The second kappa shape index (κ2) is 6.70. The molecule has 2 aliphatic rings. The maximum atomic E-state index is 12.4. The van der Waals surface area contributed by atoms with Gasteiger partial charge < -0.3 is 5.32 Å². The number of fused-ring (bicyclic) bond motifs is 1. The van der Waals surface area contributed by atoms with E-state index in [0.717, 1.165) is 4.90 Å². The molecule has 0 bridgehead atoms. The van der Waals surface area contributed by atoms with E-state index in [4.69, 9.17) is 0 Å². The fourth-order valence-electron chi connectivity index (χ4n) is 2.99. The van der Waals surface area contributed by atoms with E-state index in [-0.39, 0.29) is 12.5 Å². The number of hydrogen-bond acceptors (Lipinski definition) is 4. The highest BCUT2D eigenvalue weighted by Crippen LogP contribution is 2.18. The molecule has 136 valence electrons. The number of likely N-dealkylation sites (N-methyl/N-ethyl adjacent to an activating group) is 2. The molecule has 4 amide bonds. The van der Waals surface area contributed by atoms with Crippen molar-refractivity contribution in [1.29, 1.82) is 0 Å². The Labute approximate surface area is 151 Å². The molecule has 1 atom stereocenters. The Kier molecular flexibility index (Phi) is 4.58. The number of aliphatic imine (C=N–C) groups is 1. The first-order valence-electron chi connectivity index (χ1n) is 8.41. The molecule has 0 saturated carbocycles. The summed E-state index contributed by atoms with van der Waals surface area (Å²) in [4.78, 5) is 43.3. The van der Waals surface area contributed by atoms with Crippen LogP contribution in [0.25, 0.3) is 0 Å². The van der Waals surface area contributed by atoms with Gasteiger partial charge in [0.05, 0.1) is 0 Å². The second-order valence-electron chi connectivity index (χ2n) is 6.74. The largest absolute Gasteiger partial charge is 0.333 e. The molecule has 1 unspecified atom stereocenters. The van der Waals surface area contributed by atoms with Crippen molar-refractivity contribution in [1.82, 2.24) is 9.80 Å². The van der Waals surface area contributed by atoms with Crippen molar-refractivity contribution < 1.29 is 19.0 Å². The van der Waals surface area contributed by atoms with Crippen molar-refractivity contribution in [2.24, 2.45) is 4.99 Å². The summed E-state index contributed by atoms with van der Waals surface area (Å²) in [5.41, 5.74) is 1.89. The smallest absolute Gasteiger partial charge is 0.323 e. The molecular weight excluding hydrogens is 334 g/mol. The van der Waals surface area contributed by atoms with Crippen LogP contribution in [-0.2, 0) is 9.59 Å². The van der Waals surface area contributed by atoms with Gasteiger partial charge in [0.1, 0.15) is 0 Å². The van der Waals surface area contributed by atoms with Crippen molar-refractivity contribution in [2.45, 2.75) is 25.8 Å². The molecule has 0 radical (unpaired) electrons. The predicted octanol–water partition coefficient (Wildman–Crippen LogP) is 1.09. The molecule has 0 aromatic heterocycles. The molecule has 0 spiro atoms. The van der Waals surface area contributed by atoms with E-state index in [2.05, 4.69) is 24.2 Å². The Bertz CT molecular complexity index is 826. The predicted molar refractivity (Wildman–Crippen MR) is 97.5 cm³/mol. The summed E-state index contributed by atoms with van der Waals surface area (Å²) in [5, 5.41) is 2.82. The Balaban J connectivity index is 1.67. The number of carbonyl (C=O) groups excluding carboxylic acids is 3. The number of hydrogen-bond donors (Lipinski definition) is 1. The summed E-state index contributed by atoms with van der Waals surface area (Å²) in [6, 6.07) is 6.48. The second-order valence-corrected chi connectivity index (χ2v) is 6.74. The van der Waals surface area contributed by atoms with Crippen molar-refractivity contribution in [2.75, 3.05) is 26.0 Å². The zero-order valence-corrected chi connectivity index (χ0v) is 15.3. The molecule has 0 aliphatic carbocycles. The molecule has 2 heterocycles. The lowest BCUT2D eigenvalue weighted by Gasteiger charge is -2.30. The minimum Gasteiger partial charge on any atom is -0.323 e. The van der Waals surface area contributed by atoms with Gasteiger partial charge in [0, 0.05) is 19.8 Å². The van der Waals surface area contributed by atoms with Crippen LogP contribution in [0.2, 0.25) is 0 Å². The van der Waals surface area contributed by atoms with Crippen LogP contribution in [0.1, 0.15) is 25.3 Å². The van der Waals surface area contributed by atoms with Crippen LogP contribution >= 0.6 is 0 Å². The van der Waals surface area contributed by atoms with Gasteiger partial charge in [-0.15, -0.1) is 0 Å². The summed E-state index contributed by atoms with van der Waals surface area (Å²) in [6.45, 7) is 4.17. The number of rotatable bonds is 4. The normalized spacial score (nSPS) is 19.5. The van der Waals surface area contributed by atoms with Crippen LogP contribution in [0.15, 0.2) is 29.3 Å². The number of nitrogens with zero attached hydrogens (tertiary/aromatic N) is 4. The van der Waals surface area contributed by atoms with Gasteiger partial charge >= 0.3 is 6.03 Å². The number of nitrogens with one attached hydrogen (secondary N) is 1. The van der Waals surface area contributed by atoms with Gasteiger partial charge in [0.25, 0.3) is 30.0 Å². The highest BCUT2D eigenvalue weighted by molar-refractivity contribution is 6.21. The maximum absolute atomic E-state index is 12.4. The van der Waals surface area contributed by atoms with Gasteiger partial charge in [0.15, 0.2) is 6.54 Å². The number of benzene rings is 1. The zero-order valence-electron chi connectivity index (χ0n) is 15.3. The van der Waals surface area contributed by atoms with Crippen LogP contribution in [0.3, 0.4) is 0 Å². The van der Waals surface area contributed by atoms with E-state index in [9.17, 15) is 14.4 Å². The molecular formula is C18H22N5O3+. The van der Waals surface area contributed by atoms with Crippen molar-refractivity contribution in [3.05, 3.63) is 29.8 Å². The molecule has 1 aromatic carbocycles. The molecule has 8 heteroatoms. The lowest BCUT2D eigenvalue weighted by Crippen LogP contribution is -2.61. The van der Waals surface area contributed by atoms with Crippen molar-refractivity contribution in [3.63, 3.8) is 0 Å². The molecule has 26 heavy (non-hydrogen) atoms. The number of amides is 4. The monoisotopic (exact) mass is 356 g/mol. The summed E-state index contributed by atoms with van der Waals surface area (Å²) in [5.74, 6) is 0.107. The van der Waals surface area contributed by atoms with Crippen molar-refractivity contribution >= 4 is 35.7 Å². The van der Waals surface area contributed by atoms with Gasteiger partial charge in [-0.1, -0.05) is 26.0 Å². The van der Waals surface area contributed by atoms with Crippen LogP contribution in [-0.4, -0.2) is 71.1 Å². The first-order valence-corrected chi connectivity index (χ1v) is 8.41. The number of imide groups is 1. The average Bonchev–Trinajstić information content (AvgIpc) is 3.02. The van der Waals surface area contributed by atoms with Crippen LogP contribution < -0.4 is 5.32 Å². The third-order valence-electron chi connectivity index (χ3n) is 4.58. The van der Waals surface area contributed by atoms with E-state index in [1.165, 1.54) is 28.4 Å². The standard InChI is InChI=1S/C18H21N5O3/c1-11(2)12-5-7-13(8-6-12)20-14(24)9-23-10-19-16-15(23)17(25)22(4)18(26)21(16)3/h5-8,10-11,15H,9H2,1-4H3/p+1. The summed E-state index contributed by atoms with van der Waals surface area (Å²) < 4.78 is 1.54. The number of anilines is 1. The number of carbonyl (C=O) groups is 3. The van der Waals surface area contributed by atoms with Gasteiger partial charge in [0.2, 0.25) is 0 Å². The van der Waals surface area contributed by atoms with Crippen LogP contribution in [0.5, 0.6) is 0 Å².